The Bertz CT molecular complexity index is 1090. The molecule has 0 N–H and O–H groups in total. The zero-order chi connectivity index (χ0) is 24.3. The van der Waals surface area contributed by atoms with E-state index in [2.05, 4.69) is 17.3 Å². The number of amides is 1. The molecular formula is C28H30N2O5. The van der Waals surface area contributed by atoms with E-state index in [9.17, 15) is 4.79 Å². The summed E-state index contributed by atoms with van der Waals surface area (Å²) in [6.07, 6.45) is 0.624. The van der Waals surface area contributed by atoms with Crippen LogP contribution < -0.4 is 9.47 Å². The van der Waals surface area contributed by atoms with Gasteiger partial charge < -0.3 is 23.9 Å². The lowest BCUT2D eigenvalue weighted by Crippen LogP contribution is -2.42. The van der Waals surface area contributed by atoms with E-state index in [0.717, 1.165) is 28.2 Å². The van der Waals surface area contributed by atoms with Crippen molar-refractivity contribution in [2.45, 2.75) is 13.0 Å². The van der Waals surface area contributed by atoms with Crippen molar-refractivity contribution in [3.05, 3.63) is 95.6 Å². The molecule has 0 spiro atoms. The number of carbonyl (C=O) groups excluding carboxylic acids is 1. The van der Waals surface area contributed by atoms with Crippen molar-refractivity contribution < 1.29 is 23.8 Å². The number of hydrogen-bond donors (Lipinski definition) is 0. The summed E-state index contributed by atoms with van der Waals surface area (Å²) in [5.41, 5.74) is 3.87. The predicted octanol–water partition coefficient (Wildman–Crippen LogP) is 4.10. The van der Waals surface area contributed by atoms with Gasteiger partial charge in [-0.15, -0.1) is 0 Å². The number of ether oxygens (including phenoxy) is 3. The molecule has 1 aliphatic heterocycles. The van der Waals surface area contributed by atoms with Crippen molar-refractivity contribution >= 4 is 11.6 Å². The van der Waals surface area contributed by atoms with E-state index in [1.54, 1.807) is 12.0 Å². The SMILES string of the molecule is COc1ccc(CO/N=C(\Cc2ccccc2)c2ccc(OCC(=O)N3CCOCC3)cc2)cc1. The predicted molar refractivity (Wildman–Crippen MR) is 134 cm³/mol. The van der Waals surface area contributed by atoms with Gasteiger partial charge in [0, 0.05) is 19.5 Å². The zero-order valence-electron chi connectivity index (χ0n) is 19.9. The van der Waals surface area contributed by atoms with Crippen molar-refractivity contribution in [3.8, 4) is 11.5 Å². The molecule has 0 bridgehead atoms. The summed E-state index contributed by atoms with van der Waals surface area (Å²) in [5.74, 6) is 1.40. The number of morpholine rings is 1. The van der Waals surface area contributed by atoms with Crippen LogP contribution in [0.4, 0.5) is 0 Å². The maximum Gasteiger partial charge on any atom is 0.260 e. The van der Waals surface area contributed by atoms with Gasteiger partial charge in [-0.05, 0) is 53.1 Å². The topological polar surface area (TPSA) is 69.6 Å². The van der Waals surface area contributed by atoms with Crippen LogP contribution in [0.3, 0.4) is 0 Å². The van der Waals surface area contributed by atoms with Gasteiger partial charge in [-0.1, -0.05) is 47.6 Å². The summed E-state index contributed by atoms with van der Waals surface area (Å²) in [5, 5.41) is 4.46. The molecule has 1 heterocycles. The summed E-state index contributed by atoms with van der Waals surface area (Å²) >= 11 is 0. The molecule has 0 unspecified atom stereocenters. The minimum atomic E-state index is -0.0318. The molecule has 7 nitrogen and oxygen atoms in total. The van der Waals surface area contributed by atoms with Crippen LogP contribution in [0.5, 0.6) is 11.5 Å². The van der Waals surface area contributed by atoms with Crippen LogP contribution >= 0.6 is 0 Å². The number of benzene rings is 3. The minimum Gasteiger partial charge on any atom is -0.497 e. The first kappa shape index (κ1) is 24.3. The lowest BCUT2D eigenvalue weighted by molar-refractivity contribution is -0.137. The van der Waals surface area contributed by atoms with Crippen molar-refractivity contribution in [1.29, 1.82) is 0 Å². The van der Waals surface area contributed by atoms with E-state index in [-0.39, 0.29) is 12.5 Å². The molecule has 1 amide bonds. The molecule has 0 saturated carbocycles. The molecule has 35 heavy (non-hydrogen) atoms. The Kier molecular flexibility index (Phi) is 8.73. The molecule has 1 saturated heterocycles. The number of methoxy groups -OCH3 is 1. The molecular weight excluding hydrogens is 444 g/mol. The van der Waals surface area contributed by atoms with Crippen molar-refractivity contribution in [2.24, 2.45) is 5.16 Å². The van der Waals surface area contributed by atoms with Gasteiger partial charge in [0.25, 0.3) is 5.91 Å². The third-order valence-corrected chi connectivity index (χ3v) is 5.69. The van der Waals surface area contributed by atoms with E-state index in [1.165, 1.54) is 0 Å². The van der Waals surface area contributed by atoms with Crippen LogP contribution in [0.2, 0.25) is 0 Å². The summed E-state index contributed by atoms with van der Waals surface area (Å²) in [4.78, 5) is 19.8. The summed E-state index contributed by atoms with van der Waals surface area (Å²) in [6, 6.07) is 25.4. The molecule has 0 aliphatic carbocycles. The van der Waals surface area contributed by atoms with Gasteiger partial charge in [0.2, 0.25) is 0 Å². The Hall–Kier alpha value is -3.84. The number of hydrogen-bond acceptors (Lipinski definition) is 6. The van der Waals surface area contributed by atoms with Crippen molar-refractivity contribution in [2.75, 3.05) is 40.0 Å². The minimum absolute atomic E-state index is 0.00921. The van der Waals surface area contributed by atoms with Crippen LogP contribution in [0.1, 0.15) is 16.7 Å². The van der Waals surface area contributed by atoms with Gasteiger partial charge in [-0.2, -0.15) is 0 Å². The second-order valence-electron chi connectivity index (χ2n) is 8.13. The molecule has 0 atom stereocenters. The highest BCUT2D eigenvalue weighted by atomic mass is 16.6. The molecule has 1 aliphatic rings. The molecule has 0 aromatic heterocycles. The first-order valence-corrected chi connectivity index (χ1v) is 11.7. The number of carbonyl (C=O) groups is 1. The van der Waals surface area contributed by atoms with Gasteiger partial charge in [0.1, 0.15) is 18.1 Å². The smallest absolute Gasteiger partial charge is 0.260 e. The second kappa shape index (κ2) is 12.6. The molecule has 3 aromatic carbocycles. The quantitative estimate of drug-likeness (QED) is 0.327. The van der Waals surface area contributed by atoms with Crippen LogP contribution in [-0.2, 0) is 27.4 Å². The maximum absolute atomic E-state index is 12.3. The Morgan fingerprint density at radius 1 is 0.886 bits per heavy atom. The average Bonchev–Trinajstić information content (AvgIpc) is 2.93. The van der Waals surface area contributed by atoms with Gasteiger partial charge in [-0.3, -0.25) is 4.79 Å². The first-order valence-electron chi connectivity index (χ1n) is 11.7. The van der Waals surface area contributed by atoms with E-state index < -0.39 is 0 Å². The number of nitrogens with zero attached hydrogens (tertiary/aromatic N) is 2. The molecule has 1 fully saturated rings. The highest BCUT2D eigenvalue weighted by molar-refractivity contribution is 6.01. The van der Waals surface area contributed by atoms with Gasteiger partial charge in [0.15, 0.2) is 6.61 Å². The zero-order valence-corrected chi connectivity index (χ0v) is 19.9. The third-order valence-electron chi connectivity index (χ3n) is 5.69. The second-order valence-corrected chi connectivity index (χ2v) is 8.13. The fourth-order valence-corrected chi connectivity index (χ4v) is 3.68. The van der Waals surface area contributed by atoms with Gasteiger partial charge >= 0.3 is 0 Å². The lowest BCUT2D eigenvalue weighted by atomic mass is 10.0. The van der Waals surface area contributed by atoms with E-state index in [0.29, 0.717) is 45.1 Å². The Morgan fingerprint density at radius 3 is 2.26 bits per heavy atom. The average molecular weight is 475 g/mol. The van der Waals surface area contributed by atoms with Gasteiger partial charge in [0.05, 0.1) is 26.0 Å². The molecule has 7 heteroatoms. The Balaban J connectivity index is 1.40. The van der Waals surface area contributed by atoms with Gasteiger partial charge in [-0.25, -0.2) is 0 Å². The fourth-order valence-electron chi connectivity index (χ4n) is 3.68. The molecule has 3 aromatic rings. The first-order chi connectivity index (χ1) is 17.2. The Morgan fingerprint density at radius 2 is 1.57 bits per heavy atom. The highest BCUT2D eigenvalue weighted by Crippen LogP contribution is 2.17. The van der Waals surface area contributed by atoms with Crippen LogP contribution in [0.25, 0.3) is 0 Å². The molecule has 4 rings (SSSR count). The van der Waals surface area contributed by atoms with Crippen molar-refractivity contribution in [3.63, 3.8) is 0 Å². The fraction of sp³-hybridized carbons (Fsp3) is 0.286. The maximum atomic E-state index is 12.3. The normalized spacial score (nSPS) is 13.9. The monoisotopic (exact) mass is 474 g/mol. The molecule has 182 valence electrons. The Labute approximate surface area is 205 Å². The largest absolute Gasteiger partial charge is 0.497 e. The van der Waals surface area contributed by atoms with Crippen LogP contribution in [0, 0.1) is 0 Å². The number of oxime groups is 1. The van der Waals surface area contributed by atoms with E-state index in [4.69, 9.17) is 19.0 Å². The van der Waals surface area contributed by atoms with Crippen LogP contribution in [-0.4, -0.2) is 56.5 Å². The molecule has 0 radical (unpaired) electrons. The highest BCUT2D eigenvalue weighted by Gasteiger charge is 2.17. The summed E-state index contributed by atoms with van der Waals surface area (Å²) in [7, 11) is 1.64. The lowest BCUT2D eigenvalue weighted by Gasteiger charge is -2.26. The van der Waals surface area contributed by atoms with Crippen LogP contribution in [0.15, 0.2) is 84.0 Å². The standard InChI is InChI=1S/C28H30N2O5/c1-32-25-11-7-23(8-12-25)20-35-29-27(19-22-5-3-2-4-6-22)24-9-13-26(14-10-24)34-21-28(31)30-15-17-33-18-16-30/h2-14H,15-21H2,1H3/b29-27+. The summed E-state index contributed by atoms with van der Waals surface area (Å²) in [6.45, 7) is 2.73. The van der Waals surface area contributed by atoms with E-state index >= 15 is 0 Å². The van der Waals surface area contributed by atoms with E-state index in [1.807, 2.05) is 66.7 Å². The van der Waals surface area contributed by atoms with Crippen molar-refractivity contribution in [1.82, 2.24) is 4.90 Å². The number of rotatable bonds is 10. The summed E-state index contributed by atoms with van der Waals surface area (Å²) < 4.78 is 16.2. The third kappa shape index (κ3) is 7.32.